The molecule has 0 aliphatic carbocycles. The van der Waals surface area contributed by atoms with Crippen molar-refractivity contribution < 1.29 is 19.4 Å². The van der Waals surface area contributed by atoms with E-state index in [0.29, 0.717) is 19.6 Å². The van der Waals surface area contributed by atoms with Gasteiger partial charge < -0.3 is 14.6 Å². The maximum atomic E-state index is 12.2. The second kappa shape index (κ2) is 48.5. The summed E-state index contributed by atoms with van der Waals surface area (Å²) in [7, 11) is 0. The molecule has 322 valence electrons. The van der Waals surface area contributed by atoms with Crippen LogP contribution in [0.2, 0.25) is 0 Å². The molecule has 0 aliphatic heterocycles. The molecule has 4 heteroatoms. The Labute approximate surface area is 343 Å². The molecule has 1 N–H and O–H groups in total. The number of unbranched alkanes of at least 4 members (excludes halogenated alkanes) is 29. The number of aliphatic hydroxyl groups is 1. The molecule has 55 heavy (non-hydrogen) atoms. The molecule has 0 aromatic carbocycles. The predicted octanol–water partition coefficient (Wildman–Crippen LogP) is 16.2. The van der Waals surface area contributed by atoms with Crippen molar-refractivity contribution in [1.29, 1.82) is 0 Å². The summed E-state index contributed by atoms with van der Waals surface area (Å²) in [6.45, 7) is 5.33. The van der Waals surface area contributed by atoms with Crippen LogP contribution in [0.15, 0.2) is 48.6 Å². The highest BCUT2D eigenvalue weighted by molar-refractivity contribution is 5.69. The van der Waals surface area contributed by atoms with Crippen LogP contribution in [0.4, 0.5) is 0 Å². The molecule has 0 fully saturated rings. The number of esters is 1. The average molecular weight is 771 g/mol. The van der Waals surface area contributed by atoms with Crippen LogP contribution >= 0.6 is 0 Å². The summed E-state index contributed by atoms with van der Waals surface area (Å²) in [6.07, 6.45) is 63.3. The van der Waals surface area contributed by atoms with Gasteiger partial charge in [-0.2, -0.15) is 0 Å². The van der Waals surface area contributed by atoms with E-state index in [0.717, 1.165) is 32.1 Å². The Morgan fingerprint density at radius 3 is 1.16 bits per heavy atom. The van der Waals surface area contributed by atoms with Gasteiger partial charge in [0.2, 0.25) is 0 Å². The van der Waals surface area contributed by atoms with Gasteiger partial charge in [-0.3, -0.25) is 4.79 Å². The van der Waals surface area contributed by atoms with E-state index in [1.807, 2.05) is 0 Å². The quantitative estimate of drug-likeness (QED) is 0.0381. The highest BCUT2D eigenvalue weighted by Crippen LogP contribution is 2.15. The zero-order chi connectivity index (χ0) is 39.8. The molecule has 0 heterocycles. The van der Waals surface area contributed by atoms with E-state index in [-0.39, 0.29) is 12.6 Å². The Bertz CT molecular complexity index is 859. The Kier molecular flexibility index (Phi) is 47.0. The fourth-order valence-corrected chi connectivity index (χ4v) is 6.98. The van der Waals surface area contributed by atoms with Crippen molar-refractivity contribution in [1.82, 2.24) is 0 Å². The highest BCUT2D eigenvalue weighted by atomic mass is 16.6. The van der Waals surface area contributed by atoms with Crippen molar-refractivity contribution >= 4 is 5.97 Å². The minimum atomic E-state index is -0.538. The predicted molar refractivity (Wildman–Crippen MR) is 242 cm³/mol. The zero-order valence-electron chi connectivity index (χ0n) is 36.9. The van der Waals surface area contributed by atoms with E-state index >= 15 is 0 Å². The van der Waals surface area contributed by atoms with E-state index in [1.54, 1.807) is 0 Å². The van der Waals surface area contributed by atoms with Crippen LogP contribution in [-0.4, -0.2) is 37.0 Å². The molecule has 0 bridgehead atoms. The van der Waals surface area contributed by atoms with Gasteiger partial charge in [-0.05, 0) is 77.0 Å². The van der Waals surface area contributed by atoms with Gasteiger partial charge in [0, 0.05) is 13.0 Å². The molecule has 1 unspecified atom stereocenters. The lowest BCUT2D eigenvalue weighted by molar-refractivity contribution is -0.154. The monoisotopic (exact) mass is 771 g/mol. The van der Waals surface area contributed by atoms with Crippen molar-refractivity contribution in [2.75, 3.05) is 19.8 Å². The smallest absolute Gasteiger partial charge is 0.306 e. The minimum absolute atomic E-state index is 0.173. The number of ether oxygens (including phenoxy) is 2. The van der Waals surface area contributed by atoms with Crippen LogP contribution < -0.4 is 0 Å². The van der Waals surface area contributed by atoms with Gasteiger partial charge in [-0.25, -0.2) is 0 Å². The van der Waals surface area contributed by atoms with E-state index in [2.05, 4.69) is 62.5 Å². The van der Waals surface area contributed by atoms with Gasteiger partial charge in [0.05, 0.1) is 13.2 Å². The largest absolute Gasteiger partial charge is 0.457 e. The van der Waals surface area contributed by atoms with Crippen LogP contribution in [0.25, 0.3) is 0 Å². The molecule has 0 aliphatic rings. The second-order valence-corrected chi connectivity index (χ2v) is 16.2. The van der Waals surface area contributed by atoms with E-state index in [4.69, 9.17) is 9.47 Å². The Morgan fingerprint density at radius 1 is 0.436 bits per heavy atom. The van der Waals surface area contributed by atoms with Crippen molar-refractivity contribution in [2.24, 2.45) is 0 Å². The third-order valence-electron chi connectivity index (χ3n) is 10.6. The van der Waals surface area contributed by atoms with Gasteiger partial charge in [0.15, 0.2) is 0 Å². The van der Waals surface area contributed by atoms with Crippen LogP contribution in [0.5, 0.6) is 0 Å². The summed E-state index contributed by atoms with van der Waals surface area (Å²) >= 11 is 0. The average Bonchev–Trinajstić information content (AvgIpc) is 3.19. The maximum Gasteiger partial charge on any atom is 0.306 e. The third kappa shape index (κ3) is 46.6. The van der Waals surface area contributed by atoms with Crippen molar-refractivity contribution in [3.63, 3.8) is 0 Å². The SMILES string of the molecule is CCCCC/C=C\C/C=C\CCCCCCCCCCCC(=O)OC(CO)COCCCCCCCCCCCCCC/C=C\C/C=C\CCCCCCC. The lowest BCUT2D eigenvalue weighted by atomic mass is 10.0. The minimum Gasteiger partial charge on any atom is -0.457 e. The van der Waals surface area contributed by atoms with Crippen molar-refractivity contribution in [3.8, 4) is 0 Å². The lowest BCUT2D eigenvalue weighted by Gasteiger charge is -2.16. The van der Waals surface area contributed by atoms with Crippen LogP contribution in [-0.2, 0) is 14.3 Å². The first-order chi connectivity index (χ1) is 27.2. The number of hydrogen-bond donors (Lipinski definition) is 1. The third-order valence-corrected chi connectivity index (χ3v) is 10.6. The zero-order valence-corrected chi connectivity index (χ0v) is 36.9. The molecule has 0 rings (SSSR count). The Hall–Kier alpha value is -1.65. The summed E-state index contributed by atoms with van der Waals surface area (Å²) in [5.74, 6) is -0.204. The molecular weight excluding hydrogens is 677 g/mol. The summed E-state index contributed by atoms with van der Waals surface area (Å²) in [6, 6.07) is 0. The first-order valence-corrected chi connectivity index (χ1v) is 24.2. The maximum absolute atomic E-state index is 12.2. The summed E-state index contributed by atoms with van der Waals surface area (Å²) in [4.78, 5) is 12.2. The molecular formula is C51H94O4. The molecule has 4 nitrogen and oxygen atoms in total. The first kappa shape index (κ1) is 53.4. The Balaban J connectivity index is 3.41. The number of carbonyl (C=O) groups is 1. The second-order valence-electron chi connectivity index (χ2n) is 16.2. The number of rotatable bonds is 45. The first-order valence-electron chi connectivity index (χ1n) is 24.2. The van der Waals surface area contributed by atoms with Crippen LogP contribution in [0.1, 0.15) is 245 Å². The van der Waals surface area contributed by atoms with E-state index in [9.17, 15) is 9.90 Å². The van der Waals surface area contributed by atoms with E-state index in [1.165, 1.54) is 193 Å². The fourth-order valence-electron chi connectivity index (χ4n) is 6.98. The van der Waals surface area contributed by atoms with Gasteiger partial charge in [0.25, 0.3) is 0 Å². The summed E-state index contributed by atoms with van der Waals surface area (Å²) < 4.78 is 11.2. The van der Waals surface area contributed by atoms with Crippen LogP contribution in [0, 0.1) is 0 Å². The number of hydrogen-bond acceptors (Lipinski definition) is 4. The van der Waals surface area contributed by atoms with Gasteiger partial charge >= 0.3 is 5.97 Å². The normalized spacial score (nSPS) is 12.7. The van der Waals surface area contributed by atoms with Crippen LogP contribution in [0.3, 0.4) is 0 Å². The molecule has 0 amide bonds. The molecule has 0 aromatic heterocycles. The fraction of sp³-hybridized carbons (Fsp3) is 0.824. The molecule has 0 radical (unpaired) electrons. The molecule has 0 saturated carbocycles. The number of carbonyl (C=O) groups excluding carboxylic acids is 1. The van der Waals surface area contributed by atoms with Gasteiger partial charge in [0.1, 0.15) is 6.10 Å². The Morgan fingerprint density at radius 2 is 0.764 bits per heavy atom. The number of allylic oxidation sites excluding steroid dienone is 8. The molecule has 0 saturated heterocycles. The van der Waals surface area contributed by atoms with Crippen molar-refractivity contribution in [2.45, 2.75) is 251 Å². The summed E-state index contributed by atoms with van der Waals surface area (Å²) in [5.41, 5.74) is 0. The molecule has 0 aromatic rings. The van der Waals surface area contributed by atoms with Gasteiger partial charge in [-0.1, -0.05) is 210 Å². The topological polar surface area (TPSA) is 55.8 Å². The highest BCUT2D eigenvalue weighted by Gasteiger charge is 2.13. The van der Waals surface area contributed by atoms with Crippen molar-refractivity contribution in [3.05, 3.63) is 48.6 Å². The summed E-state index contributed by atoms with van der Waals surface area (Å²) in [5, 5.41) is 9.63. The standard InChI is InChI=1S/C51H94O4/c1-3-5-7-9-11-13-15-17-19-21-23-24-25-26-27-29-31-33-35-37-39-41-43-45-47-54-49-50(48-52)55-51(53)46-44-42-40-38-36-34-32-30-28-22-20-18-16-14-12-10-8-6-4-2/h12,14-15,17-18,20-21,23,50,52H,3-11,13,16,19,22,24-49H2,1-2H3/b14-12-,17-15-,20-18-,23-21-. The van der Waals surface area contributed by atoms with Gasteiger partial charge in [-0.15, -0.1) is 0 Å². The molecule has 1 atom stereocenters. The number of aliphatic hydroxyl groups excluding tert-OH is 1. The lowest BCUT2D eigenvalue weighted by Crippen LogP contribution is -2.27. The van der Waals surface area contributed by atoms with E-state index < -0.39 is 6.10 Å². The molecule has 0 spiro atoms.